The van der Waals surface area contributed by atoms with E-state index in [9.17, 15) is 14.9 Å². The second-order valence-corrected chi connectivity index (χ2v) is 4.79. The molecule has 1 aliphatic heterocycles. The second kappa shape index (κ2) is 5.87. The second-order valence-electron chi connectivity index (χ2n) is 4.79. The van der Waals surface area contributed by atoms with E-state index < -0.39 is 4.92 Å². The summed E-state index contributed by atoms with van der Waals surface area (Å²) in [6.07, 6.45) is 0.875. The number of amides is 1. The molecule has 108 valence electrons. The Morgan fingerprint density at radius 2 is 2.35 bits per heavy atom. The molecule has 1 unspecified atom stereocenters. The van der Waals surface area contributed by atoms with Gasteiger partial charge in [0.2, 0.25) is 0 Å². The molecule has 0 bridgehead atoms. The van der Waals surface area contributed by atoms with Gasteiger partial charge in [-0.2, -0.15) is 0 Å². The lowest BCUT2D eigenvalue weighted by atomic mass is 10.1. The van der Waals surface area contributed by atoms with Crippen LogP contribution < -0.4 is 10.5 Å². The summed E-state index contributed by atoms with van der Waals surface area (Å²) in [5.41, 5.74) is 5.69. The predicted octanol–water partition coefficient (Wildman–Crippen LogP) is 1.02. The molecule has 0 aromatic heterocycles. The molecule has 1 aromatic rings. The maximum absolute atomic E-state index is 12.3. The number of nitro benzene ring substituents is 1. The van der Waals surface area contributed by atoms with E-state index in [-0.39, 0.29) is 17.3 Å². The van der Waals surface area contributed by atoms with Crippen LogP contribution in [0.15, 0.2) is 18.2 Å². The molecular weight excluding hydrogens is 262 g/mol. The van der Waals surface area contributed by atoms with Crippen LogP contribution in [-0.4, -0.2) is 42.5 Å². The molecule has 0 radical (unpaired) electrons. The van der Waals surface area contributed by atoms with Crippen LogP contribution in [0.3, 0.4) is 0 Å². The van der Waals surface area contributed by atoms with Crippen molar-refractivity contribution in [3.8, 4) is 5.75 Å². The van der Waals surface area contributed by atoms with E-state index in [1.54, 1.807) is 11.0 Å². The van der Waals surface area contributed by atoms with Crippen LogP contribution in [0.5, 0.6) is 5.75 Å². The number of ether oxygens (including phenoxy) is 1. The van der Waals surface area contributed by atoms with Crippen molar-refractivity contribution in [2.24, 2.45) is 11.7 Å². The molecular formula is C13H17N3O4. The topological polar surface area (TPSA) is 98.7 Å². The van der Waals surface area contributed by atoms with Crippen LogP contribution in [0.2, 0.25) is 0 Å². The zero-order valence-electron chi connectivity index (χ0n) is 11.2. The average molecular weight is 279 g/mol. The molecule has 1 heterocycles. The molecule has 2 N–H and O–H groups in total. The maximum atomic E-state index is 12.3. The fourth-order valence-electron chi connectivity index (χ4n) is 2.36. The first-order valence-corrected chi connectivity index (χ1v) is 6.38. The zero-order valence-corrected chi connectivity index (χ0v) is 11.2. The molecule has 1 aliphatic rings. The van der Waals surface area contributed by atoms with Crippen molar-refractivity contribution in [3.63, 3.8) is 0 Å². The highest BCUT2D eigenvalue weighted by Crippen LogP contribution is 2.28. The van der Waals surface area contributed by atoms with Crippen molar-refractivity contribution in [2.45, 2.75) is 6.42 Å². The summed E-state index contributed by atoms with van der Waals surface area (Å²) in [4.78, 5) is 24.4. The van der Waals surface area contributed by atoms with Crippen molar-refractivity contribution in [1.82, 2.24) is 4.90 Å². The van der Waals surface area contributed by atoms with E-state index in [2.05, 4.69) is 0 Å². The van der Waals surface area contributed by atoms with Crippen LogP contribution in [0.25, 0.3) is 0 Å². The van der Waals surface area contributed by atoms with Crippen LogP contribution >= 0.6 is 0 Å². The van der Waals surface area contributed by atoms with E-state index in [0.29, 0.717) is 31.1 Å². The van der Waals surface area contributed by atoms with E-state index in [1.807, 2.05) is 0 Å². The summed E-state index contributed by atoms with van der Waals surface area (Å²) in [6, 6.07) is 4.25. The third-order valence-corrected chi connectivity index (χ3v) is 3.53. The lowest BCUT2D eigenvalue weighted by Gasteiger charge is -2.16. The number of benzene rings is 1. The fraction of sp³-hybridized carbons (Fsp3) is 0.462. The van der Waals surface area contributed by atoms with Crippen molar-refractivity contribution >= 4 is 11.6 Å². The number of methoxy groups -OCH3 is 1. The van der Waals surface area contributed by atoms with Crippen molar-refractivity contribution in [3.05, 3.63) is 33.9 Å². The summed E-state index contributed by atoms with van der Waals surface area (Å²) >= 11 is 0. The summed E-state index contributed by atoms with van der Waals surface area (Å²) in [6.45, 7) is 1.79. The van der Waals surface area contributed by atoms with Gasteiger partial charge < -0.3 is 15.4 Å². The quantitative estimate of drug-likeness (QED) is 0.655. The summed E-state index contributed by atoms with van der Waals surface area (Å²) < 4.78 is 4.92. The number of hydrogen-bond acceptors (Lipinski definition) is 5. The minimum absolute atomic E-state index is 0.146. The Morgan fingerprint density at radius 3 is 2.90 bits per heavy atom. The van der Waals surface area contributed by atoms with E-state index in [1.165, 1.54) is 19.2 Å². The van der Waals surface area contributed by atoms with Crippen LogP contribution in [0.1, 0.15) is 16.8 Å². The highest BCUT2D eigenvalue weighted by Gasteiger charge is 2.27. The van der Waals surface area contributed by atoms with Gasteiger partial charge in [-0.3, -0.25) is 14.9 Å². The number of nitro groups is 1. The van der Waals surface area contributed by atoms with Gasteiger partial charge >= 0.3 is 5.69 Å². The highest BCUT2D eigenvalue weighted by molar-refractivity contribution is 5.95. The van der Waals surface area contributed by atoms with Gasteiger partial charge in [0.25, 0.3) is 5.91 Å². The first kappa shape index (κ1) is 14.3. The predicted molar refractivity (Wildman–Crippen MR) is 72.7 cm³/mol. The Balaban J connectivity index is 2.23. The summed E-state index contributed by atoms with van der Waals surface area (Å²) in [5, 5.41) is 11.0. The third-order valence-electron chi connectivity index (χ3n) is 3.53. The SMILES string of the molecule is COc1ccc(C(=O)N2CCC(CN)C2)cc1[N+](=O)[O-]. The molecule has 1 saturated heterocycles. The van der Waals surface area contributed by atoms with Gasteiger partial charge in [0.1, 0.15) is 0 Å². The average Bonchev–Trinajstić information content (AvgIpc) is 2.94. The third kappa shape index (κ3) is 2.72. The van der Waals surface area contributed by atoms with Crippen molar-refractivity contribution in [1.29, 1.82) is 0 Å². The van der Waals surface area contributed by atoms with Gasteiger partial charge in [-0.15, -0.1) is 0 Å². The number of likely N-dealkylation sites (tertiary alicyclic amines) is 1. The maximum Gasteiger partial charge on any atom is 0.311 e. The molecule has 20 heavy (non-hydrogen) atoms. The lowest BCUT2D eigenvalue weighted by Crippen LogP contribution is -2.29. The first-order chi connectivity index (χ1) is 9.56. The Labute approximate surface area is 116 Å². The Bertz CT molecular complexity index is 532. The van der Waals surface area contributed by atoms with Gasteiger partial charge in [-0.25, -0.2) is 0 Å². The van der Waals surface area contributed by atoms with Crippen LogP contribution in [0, 0.1) is 16.0 Å². The normalized spacial score (nSPS) is 18.1. The number of rotatable bonds is 4. The number of carbonyl (C=O) groups excluding carboxylic acids is 1. The molecule has 7 nitrogen and oxygen atoms in total. The summed E-state index contributed by atoms with van der Waals surface area (Å²) in [5.74, 6) is 0.256. The first-order valence-electron chi connectivity index (χ1n) is 6.38. The Morgan fingerprint density at radius 1 is 1.60 bits per heavy atom. The highest BCUT2D eigenvalue weighted by atomic mass is 16.6. The zero-order chi connectivity index (χ0) is 14.7. The number of hydrogen-bond donors (Lipinski definition) is 1. The minimum Gasteiger partial charge on any atom is -0.490 e. The number of nitrogens with zero attached hydrogens (tertiary/aromatic N) is 2. The van der Waals surface area contributed by atoms with E-state index in [4.69, 9.17) is 10.5 Å². The number of carbonyl (C=O) groups is 1. The van der Waals surface area contributed by atoms with Crippen LogP contribution in [0.4, 0.5) is 5.69 Å². The van der Waals surface area contributed by atoms with E-state index in [0.717, 1.165) is 6.42 Å². The lowest BCUT2D eigenvalue weighted by molar-refractivity contribution is -0.385. The van der Waals surface area contributed by atoms with Crippen molar-refractivity contribution in [2.75, 3.05) is 26.7 Å². The molecule has 2 rings (SSSR count). The number of nitrogens with two attached hydrogens (primary N) is 1. The van der Waals surface area contributed by atoms with Gasteiger partial charge in [0.15, 0.2) is 5.75 Å². The summed E-state index contributed by atoms with van der Waals surface area (Å²) in [7, 11) is 1.36. The molecule has 0 spiro atoms. The Hall–Kier alpha value is -2.15. The standard InChI is InChI=1S/C13H17N3O4/c1-20-12-3-2-10(6-11(12)16(18)19)13(17)15-5-4-9(7-14)8-15/h2-3,6,9H,4-5,7-8,14H2,1H3. The van der Waals surface area contributed by atoms with Gasteiger partial charge in [-0.1, -0.05) is 0 Å². The van der Waals surface area contributed by atoms with Gasteiger partial charge in [0, 0.05) is 24.7 Å². The minimum atomic E-state index is -0.553. The van der Waals surface area contributed by atoms with Gasteiger partial charge in [-0.05, 0) is 31.0 Å². The Kier molecular flexibility index (Phi) is 4.19. The van der Waals surface area contributed by atoms with E-state index >= 15 is 0 Å². The molecule has 1 fully saturated rings. The molecule has 1 atom stereocenters. The molecule has 1 amide bonds. The monoisotopic (exact) mass is 279 g/mol. The van der Waals surface area contributed by atoms with Crippen LogP contribution in [-0.2, 0) is 0 Å². The fourth-order valence-corrected chi connectivity index (χ4v) is 2.36. The molecule has 0 saturated carbocycles. The molecule has 1 aromatic carbocycles. The largest absolute Gasteiger partial charge is 0.490 e. The smallest absolute Gasteiger partial charge is 0.311 e. The molecule has 7 heteroatoms. The van der Waals surface area contributed by atoms with Gasteiger partial charge in [0.05, 0.1) is 12.0 Å². The van der Waals surface area contributed by atoms with Crippen molar-refractivity contribution < 1.29 is 14.5 Å². The molecule has 0 aliphatic carbocycles.